The van der Waals surface area contributed by atoms with Crippen molar-refractivity contribution in [1.82, 2.24) is 4.98 Å². The fraction of sp³-hybridized carbons (Fsp3) is 0.294. The first-order valence-corrected chi connectivity index (χ1v) is 7.10. The maximum absolute atomic E-state index is 9.49. The molecule has 2 aromatic rings. The van der Waals surface area contributed by atoms with Crippen molar-refractivity contribution in [1.29, 1.82) is 5.26 Å². The van der Waals surface area contributed by atoms with Gasteiger partial charge in [0.2, 0.25) is 0 Å². The summed E-state index contributed by atoms with van der Waals surface area (Å²) in [6, 6.07) is 9.99. The first-order chi connectivity index (χ1) is 10.2. The number of anilines is 1. The minimum absolute atomic E-state index is 0.330. The Labute approximate surface area is 124 Å². The Balaban J connectivity index is 2.29. The van der Waals surface area contributed by atoms with Crippen molar-refractivity contribution in [2.75, 3.05) is 12.8 Å². The lowest BCUT2D eigenvalue weighted by Gasteiger charge is -2.21. The van der Waals surface area contributed by atoms with Crippen LogP contribution in [0, 0.1) is 11.3 Å². The predicted molar refractivity (Wildman–Crippen MR) is 82.0 cm³/mol. The average Bonchev–Trinajstić information content (AvgIpc) is 2.53. The Morgan fingerprint density at radius 3 is 2.86 bits per heavy atom. The molecular formula is C17H17N3O. The van der Waals surface area contributed by atoms with E-state index in [9.17, 15) is 5.26 Å². The molecule has 0 bridgehead atoms. The highest BCUT2D eigenvalue weighted by Crippen LogP contribution is 2.36. The van der Waals surface area contributed by atoms with E-state index in [-0.39, 0.29) is 0 Å². The number of hydrogen-bond acceptors (Lipinski definition) is 4. The van der Waals surface area contributed by atoms with Crippen LogP contribution < -0.4 is 10.5 Å². The molecule has 0 fully saturated rings. The minimum atomic E-state index is 0.330. The molecule has 1 aliphatic carbocycles. The molecule has 0 unspecified atom stereocenters. The van der Waals surface area contributed by atoms with Crippen molar-refractivity contribution in [3.05, 3.63) is 41.1 Å². The van der Waals surface area contributed by atoms with E-state index in [0.29, 0.717) is 11.4 Å². The molecule has 4 heteroatoms. The largest absolute Gasteiger partial charge is 0.497 e. The molecule has 1 aliphatic rings. The van der Waals surface area contributed by atoms with Crippen molar-refractivity contribution in [2.45, 2.75) is 25.7 Å². The van der Waals surface area contributed by atoms with Gasteiger partial charge in [0.05, 0.1) is 7.11 Å². The second kappa shape index (κ2) is 5.45. The molecule has 0 saturated heterocycles. The van der Waals surface area contributed by atoms with Gasteiger partial charge in [-0.3, -0.25) is 0 Å². The van der Waals surface area contributed by atoms with Gasteiger partial charge in [-0.1, -0.05) is 12.1 Å². The number of aryl methyl sites for hydroxylation is 1. The molecule has 1 aromatic carbocycles. The molecule has 0 radical (unpaired) electrons. The zero-order chi connectivity index (χ0) is 14.8. The summed E-state index contributed by atoms with van der Waals surface area (Å²) in [5.41, 5.74) is 10.6. The molecule has 1 heterocycles. The first kappa shape index (κ1) is 13.4. The number of aromatic nitrogens is 1. The summed E-state index contributed by atoms with van der Waals surface area (Å²) >= 11 is 0. The van der Waals surface area contributed by atoms with E-state index in [2.05, 4.69) is 11.1 Å². The highest BCUT2D eigenvalue weighted by molar-refractivity contribution is 5.80. The summed E-state index contributed by atoms with van der Waals surface area (Å²) in [6.45, 7) is 0. The predicted octanol–water partition coefficient (Wildman–Crippen LogP) is 3.09. The monoisotopic (exact) mass is 279 g/mol. The number of pyridine rings is 1. The van der Waals surface area contributed by atoms with Crippen LogP contribution in [0.5, 0.6) is 5.75 Å². The summed E-state index contributed by atoms with van der Waals surface area (Å²) < 4.78 is 5.29. The fourth-order valence-electron chi connectivity index (χ4n) is 2.97. The van der Waals surface area contributed by atoms with E-state index in [1.807, 2.05) is 24.3 Å². The summed E-state index contributed by atoms with van der Waals surface area (Å²) in [4.78, 5) is 4.44. The van der Waals surface area contributed by atoms with Crippen LogP contribution >= 0.6 is 0 Å². The van der Waals surface area contributed by atoms with Crippen molar-refractivity contribution >= 4 is 5.82 Å². The number of nitrogen functional groups attached to an aromatic ring is 1. The van der Waals surface area contributed by atoms with Crippen LogP contribution in [0.25, 0.3) is 11.1 Å². The molecule has 3 rings (SSSR count). The Kier molecular flexibility index (Phi) is 3.49. The van der Waals surface area contributed by atoms with Gasteiger partial charge in [-0.15, -0.1) is 0 Å². The topological polar surface area (TPSA) is 71.9 Å². The molecule has 0 saturated carbocycles. The van der Waals surface area contributed by atoms with E-state index < -0.39 is 0 Å². The number of ether oxygens (including phenoxy) is 1. The van der Waals surface area contributed by atoms with Gasteiger partial charge in [0.25, 0.3) is 0 Å². The normalized spacial score (nSPS) is 13.3. The molecular weight excluding hydrogens is 262 g/mol. The van der Waals surface area contributed by atoms with Crippen LogP contribution in [0.4, 0.5) is 5.82 Å². The van der Waals surface area contributed by atoms with Gasteiger partial charge in [-0.25, -0.2) is 4.98 Å². The third kappa shape index (κ3) is 2.31. The fourth-order valence-corrected chi connectivity index (χ4v) is 2.97. The van der Waals surface area contributed by atoms with E-state index in [0.717, 1.165) is 48.3 Å². The number of nitrogens with zero attached hydrogens (tertiary/aromatic N) is 2. The van der Waals surface area contributed by atoms with Crippen molar-refractivity contribution in [2.24, 2.45) is 0 Å². The van der Waals surface area contributed by atoms with Gasteiger partial charge < -0.3 is 10.5 Å². The first-order valence-electron chi connectivity index (χ1n) is 7.10. The van der Waals surface area contributed by atoms with Crippen LogP contribution in [0.1, 0.15) is 29.7 Å². The Bertz CT molecular complexity index is 732. The average molecular weight is 279 g/mol. The number of rotatable bonds is 2. The Hall–Kier alpha value is -2.54. The molecule has 0 aliphatic heterocycles. The highest BCUT2D eigenvalue weighted by atomic mass is 16.5. The maximum Gasteiger partial charge on any atom is 0.142 e. The Morgan fingerprint density at radius 2 is 2.10 bits per heavy atom. The van der Waals surface area contributed by atoms with Crippen LogP contribution in [-0.4, -0.2) is 12.1 Å². The minimum Gasteiger partial charge on any atom is -0.497 e. The number of nitriles is 1. The van der Waals surface area contributed by atoms with Crippen molar-refractivity contribution in [3.8, 4) is 22.9 Å². The number of methoxy groups -OCH3 is 1. The number of benzene rings is 1. The van der Waals surface area contributed by atoms with Gasteiger partial charge in [-0.2, -0.15) is 5.26 Å². The molecule has 0 spiro atoms. The van der Waals surface area contributed by atoms with E-state index >= 15 is 0 Å². The van der Waals surface area contributed by atoms with E-state index in [1.165, 1.54) is 5.56 Å². The maximum atomic E-state index is 9.49. The molecule has 0 amide bonds. The van der Waals surface area contributed by atoms with Crippen LogP contribution in [0.15, 0.2) is 24.3 Å². The lowest BCUT2D eigenvalue weighted by molar-refractivity contribution is 0.415. The molecule has 4 nitrogen and oxygen atoms in total. The second-order valence-electron chi connectivity index (χ2n) is 5.22. The van der Waals surface area contributed by atoms with Gasteiger partial charge >= 0.3 is 0 Å². The van der Waals surface area contributed by atoms with Crippen molar-refractivity contribution < 1.29 is 4.74 Å². The summed E-state index contributed by atoms with van der Waals surface area (Å²) in [5.74, 6) is 1.10. The van der Waals surface area contributed by atoms with Gasteiger partial charge in [0.15, 0.2) is 0 Å². The highest BCUT2D eigenvalue weighted by Gasteiger charge is 2.22. The van der Waals surface area contributed by atoms with Gasteiger partial charge in [-0.05, 0) is 48.9 Å². The number of nitrogens with two attached hydrogens (primary N) is 1. The zero-order valence-corrected chi connectivity index (χ0v) is 12.0. The third-order valence-electron chi connectivity index (χ3n) is 3.97. The third-order valence-corrected chi connectivity index (χ3v) is 3.97. The van der Waals surface area contributed by atoms with E-state index in [1.54, 1.807) is 7.11 Å². The molecule has 1 aromatic heterocycles. The quantitative estimate of drug-likeness (QED) is 0.917. The molecule has 0 atom stereocenters. The van der Waals surface area contributed by atoms with E-state index in [4.69, 9.17) is 10.5 Å². The molecule has 106 valence electrons. The summed E-state index contributed by atoms with van der Waals surface area (Å²) in [6.07, 6.45) is 4.13. The molecule has 21 heavy (non-hydrogen) atoms. The zero-order valence-electron chi connectivity index (χ0n) is 12.0. The number of hydrogen-bond donors (Lipinski definition) is 1. The second-order valence-corrected chi connectivity index (χ2v) is 5.22. The lowest BCUT2D eigenvalue weighted by Crippen LogP contribution is -2.11. The lowest BCUT2D eigenvalue weighted by atomic mass is 9.86. The van der Waals surface area contributed by atoms with Crippen LogP contribution in [0.2, 0.25) is 0 Å². The number of fused-ring (bicyclic) bond motifs is 1. The summed E-state index contributed by atoms with van der Waals surface area (Å²) in [7, 11) is 1.64. The smallest absolute Gasteiger partial charge is 0.142 e. The van der Waals surface area contributed by atoms with Gasteiger partial charge in [0, 0.05) is 11.3 Å². The van der Waals surface area contributed by atoms with Gasteiger partial charge in [0.1, 0.15) is 23.2 Å². The summed E-state index contributed by atoms with van der Waals surface area (Å²) in [5, 5.41) is 9.49. The standard InChI is InChI=1S/C17H17N3O/c1-21-12-6-4-5-11(9-12)16-13-7-2-3-8-15(13)20-17(19)14(16)10-18/h4-6,9H,2-3,7-8H2,1H3,(H2,19,20). The SMILES string of the molecule is COc1cccc(-c2c(C#N)c(N)nc3c2CCCC3)c1. The van der Waals surface area contributed by atoms with Crippen molar-refractivity contribution in [3.63, 3.8) is 0 Å². The van der Waals surface area contributed by atoms with Crippen LogP contribution in [-0.2, 0) is 12.8 Å². The van der Waals surface area contributed by atoms with Crippen LogP contribution in [0.3, 0.4) is 0 Å². The molecule has 2 N–H and O–H groups in total. The Morgan fingerprint density at radius 1 is 1.29 bits per heavy atom.